The van der Waals surface area contributed by atoms with Gasteiger partial charge < -0.3 is 0 Å². The molecule has 84 valence electrons. The Morgan fingerprint density at radius 1 is 1.18 bits per heavy atom. The lowest BCUT2D eigenvalue weighted by Gasteiger charge is -2.06. The molecule has 0 aliphatic heterocycles. The molecule has 0 saturated heterocycles. The number of nitrogens with zero attached hydrogens (tertiary/aromatic N) is 1. The molecule has 0 bridgehead atoms. The molecule has 0 atom stereocenters. The van der Waals surface area contributed by atoms with Crippen LogP contribution in [0.25, 0.3) is 11.1 Å². The van der Waals surface area contributed by atoms with E-state index in [-0.39, 0.29) is 5.82 Å². The van der Waals surface area contributed by atoms with Crippen molar-refractivity contribution in [2.24, 2.45) is 0 Å². The van der Waals surface area contributed by atoms with Crippen LogP contribution >= 0.6 is 11.6 Å². The van der Waals surface area contributed by atoms with Crippen LogP contribution in [0.1, 0.15) is 11.1 Å². The van der Waals surface area contributed by atoms with E-state index in [0.717, 1.165) is 11.1 Å². The monoisotopic (exact) mass is 245 g/mol. The maximum Gasteiger partial charge on any atom is 0.131 e. The summed E-state index contributed by atoms with van der Waals surface area (Å²) >= 11 is 5.85. The molecule has 0 aliphatic rings. The van der Waals surface area contributed by atoms with Crippen molar-refractivity contribution in [2.45, 2.75) is 6.92 Å². The third-order valence-corrected chi connectivity index (χ3v) is 2.82. The van der Waals surface area contributed by atoms with Crippen LogP contribution in [0.2, 0.25) is 5.02 Å². The Balaban J connectivity index is 2.58. The van der Waals surface area contributed by atoms with Gasteiger partial charge in [0.25, 0.3) is 0 Å². The second kappa shape index (κ2) is 4.57. The summed E-state index contributed by atoms with van der Waals surface area (Å²) in [6.07, 6.45) is 0. The molecule has 0 radical (unpaired) electrons. The summed E-state index contributed by atoms with van der Waals surface area (Å²) in [5, 5.41) is 9.32. The first-order chi connectivity index (χ1) is 8.11. The number of halogens is 2. The van der Waals surface area contributed by atoms with Crippen molar-refractivity contribution in [1.29, 1.82) is 5.26 Å². The van der Waals surface area contributed by atoms with Gasteiger partial charge in [0.05, 0.1) is 11.6 Å². The van der Waals surface area contributed by atoms with E-state index in [0.29, 0.717) is 16.1 Å². The molecule has 0 amide bonds. The SMILES string of the molecule is Cc1cc(-c2cc(Cl)ccc2F)ccc1C#N. The minimum Gasteiger partial charge on any atom is -0.206 e. The van der Waals surface area contributed by atoms with Crippen LogP contribution < -0.4 is 0 Å². The Bertz CT molecular complexity index is 614. The standard InChI is InChI=1S/C14H9ClFN/c1-9-6-10(2-3-11(9)8-17)13-7-12(15)4-5-14(13)16/h2-7H,1H3. The average Bonchev–Trinajstić information content (AvgIpc) is 2.32. The van der Waals surface area contributed by atoms with E-state index in [2.05, 4.69) is 6.07 Å². The summed E-state index contributed by atoms with van der Waals surface area (Å²) in [4.78, 5) is 0. The van der Waals surface area contributed by atoms with Crippen LogP contribution in [0.4, 0.5) is 4.39 Å². The van der Waals surface area contributed by atoms with Crippen molar-refractivity contribution in [3.63, 3.8) is 0 Å². The van der Waals surface area contributed by atoms with Crippen molar-refractivity contribution in [1.82, 2.24) is 0 Å². The summed E-state index contributed by atoms with van der Waals surface area (Å²) < 4.78 is 13.6. The molecule has 0 unspecified atom stereocenters. The van der Waals surface area contributed by atoms with Crippen molar-refractivity contribution in [2.75, 3.05) is 0 Å². The molecule has 0 heterocycles. The minimum atomic E-state index is -0.321. The lowest BCUT2D eigenvalue weighted by Crippen LogP contribution is -1.87. The number of rotatable bonds is 1. The summed E-state index contributed by atoms with van der Waals surface area (Å²) in [5.41, 5.74) is 2.59. The van der Waals surface area contributed by atoms with Crippen LogP contribution in [0.3, 0.4) is 0 Å². The molecule has 0 aromatic heterocycles. The Labute approximate surface area is 104 Å². The van der Waals surface area contributed by atoms with Crippen LogP contribution in [0.5, 0.6) is 0 Å². The number of aryl methyl sites for hydroxylation is 1. The normalized spacial score (nSPS) is 10.0. The molecule has 0 N–H and O–H groups in total. The van der Waals surface area contributed by atoms with Gasteiger partial charge in [-0.2, -0.15) is 5.26 Å². The Morgan fingerprint density at radius 3 is 2.59 bits per heavy atom. The second-order valence-electron chi connectivity index (χ2n) is 3.77. The van der Waals surface area contributed by atoms with Crippen LogP contribution in [0, 0.1) is 24.1 Å². The van der Waals surface area contributed by atoms with Gasteiger partial charge >= 0.3 is 0 Å². The molecule has 0 spiro atoms. The Kier molecular flexibility index (Phi) is 3.12. The second-order valence-corrected chi connectivity index (χ2v) is 4.20. The number of benzene rings is 2. The maximum absolute atomic E-state index is 13.6. The van der Waals surface area contributed by atoms with Gasteiger partial charge in [-0.25, -0.2) is 4.39 Å². The molecular weight excluding hydrogens is 237 g/mol. The maximum atomic E-state index is 13.6. The molecular formula is C14H9ClFN. The highest BCUT2D eigenvalue weighted by atomic mass is 35.5. The molecule has 17 heavy (non-hydrogen) atoms. The quantitative estimate of drug-likeness (QED) is 0.734. The van der Waals surface area contributed by atoms with Gasteiger partial charge in [-0.3, -0.25) is 0 Å². The van der Waals surface area contributed by atoms with E-state index in [1.54, 1.807) is 24.3 Å². The molecule has 2 aromatic rings. The fourth-order valence-corrected chi connectivity index (χ4v) is 1.85. The zero-order valence-corrected chi connectivity index (χ0v) is 9.92. The van der Waals surface area contributed by atoms with Crippen LogP contribution in [-0.4, -0.2) is 0 Å². The Morgan fingerprint density at radius 2 is 1.94 bits per heavy atom. The fourth-order valence-electron chi connectivity index (χ4n) is 1.68. The average molecular weight is 246 g/mol. The third kappa shape index (κ3) is 2.30. The molecule has 3 heteroatoms. The first-order valence-electron chi connectivity index (χ1n) is 5.08. The topological polar surface area (TPSA) is 23.8 Å². The number of nitriles is 1. The van der Waals surface area contributed by atoms with E-state index in [4.69, 9.17) is 16.9 Å². The fraction of sp³-hybridized carbons (Fsp3) is 0.0714. The van der Waals surface area contributed by atoms with E-state index >= 15 is 0 Å². The van der Waals surface area contributed by atoms with Gasteiger partial charge in [-0.05, 0) is 42.3 Å². The molecule has 0 fully saturated rings. The van der Waals surface area contributed by atoms with Gasteiger partial charge in [0.15, 0.2) is 0 Å². The largest absolute Gasteiger partial charge is 0.206 e. The summed E-state index contributed by atoms with van der Waals surface area (Å²) in [7, 11) is 0. The highest BCUT2D eigenvalue weighted by Crippen LogP contribution is 2.27. The molecule has 2 rings (SSSR count). The van der Waals surface area contributed by atoms with Crippen molar-refractivity contribution >= 4 is 11.6 Å². The highest BCUT2D eigenvalue weighted by molar-refractivity contribution is 6.30. The van der Waals surface area contributed by atoms with Gasteiger partial charge in [-0.15, -0.1) is 0 Å². The number of hydrogen-bond donors (Lipinski definition) is 0. The summed E-state index contributed by atoms with van der Waals surface area (Å²) in [6, 6.07) is 11.7. The van der Waals surface area contributed by atoms with Crippen LogP contribution in [-0.2, 0) is 0 Å². The Hall–Kier alpha value is -1.85. The summed E-state index contributed by atoms with van der Waals surface area (Å²) in [6.45, 7) is 1.82. The summed E-state index contributed by atoms with van der Waals surface area (Å²) in [5.74, 6) is -0.321. The lowest BCUT2D eigenvalue weighted by molar-refractivity contribution is 0.631. The molecule has 1 nitrogen and oxygen atoms in total. The zero-order valence-electron chi connectivity index (χ0n) is 9.17. The van der Waals surface area contributed by atoms with E-state index < -0.39 is 0 Å². The number of hydrogen-bond acceptors (Lipinski definition) is 1. The van der Waals surface area contributed by atoms with E-state index in [9.17, 15) is 4.39 Å². The molecule has 2 aromatic carbocycles. The molecule has 0 aliphatic carbocycles. The van der Waals surface area contributed by atoms with Gasteiger partial charge in [0.2, 0.25) is 0 Å². The third-order valence-electron chi connectivity index (χ3n) is 2.59. The van der Waals surface area contributed by atoms with Gasteiger partial charge in [0, 0.05) is 10.6 Å². The molecule has 0 saturated carbocycles. The van der Waals surface area contributed by atoms with Gasteiger partial charge in [0.1, 0.15) is 5.82 Å². The van der Waals surface area contributed by atoms with Crippen molar-refractivity contribution in [3.8, 4) is 17.2 Å². The lowest BCUT2D eigenvalue weighted by atomic mass is 10.00. The first kappa shape index (κ1) is 11.6. The predicted molar refractivity (Wildman–Crippen MR) is 66.3 cm³/mol. The van der Waals surface area contributed by atoms with Crippen LogP contribution in [0.15, 0.2) is 36.4 Å². The van der Waals surface area contributed by atoms with Gasteiger partial charge in [-0.1, -0.05) is 23.7 Å². The van der Waals surface area contributed by atoms with E-state index in [1.807, 2.05) is 6.92 Å². The minimum absolute atomic E-state index is 0.321. The predicted octanol–water partition coefficient (Wildman–Crippen LogP) is 4.33. The van der Waals surface area contributed by atoms with Crippen molar-refractivity contribution < 1.29 is 4.39 Å². The zero-order chi connectivity index (χ0) is 12.4. The van der Waals surface area contributed by atoms with Crippen molar-refractivity contribution in [3.05, 3.63) is 58.4 Å². The van der Waals surface area contributed by atoms with E-state index in [1.165, 1.54) is 12.1 Å². The smallest absolute Gasteiger partial charge is 0.131 e. The highest BCUT2D eigenvalue weighted by Gasteiger charge is 2.07. The first-order valence-corrected chi connectivity index (χ1v) is 5.46.